The quantitative estimate of drug-likeness (QED) is 0.171. The number of rotatable bonds is 6. The average Bonchev–Trinajstić information content (AvgIpc) is 3.61. The van der Waals surface area contributed by atoms with Gasteiger partial charge in [-0.25, -0.2) is 9.97 Å². The standard InChI is InChI=1S/C54H35N3/c1-3-11-36(12-4-1)38-19-21-40(22-20-38)45-29-32-50-49(34-45)53(41-25-23-39(24-26-41)37-13-5-2-6-14-37)56-54(55-50)42-27-30-46(31-28-42)57-51-18-10-9-17-47(51)48-33-43-15-7-8-16-44(43)35-52(48)57/h1-35H. The van der Waals surface area contributed by atoms with Crippen molar-refractivity contribution in [1.82, 2.24) is 14.5 Å². The van der Waals surface area contributed by atoms with E-state index in [4.69, 9.17) is 9.97 Å². The van der Waals surface area contributed by atoms with Crippen molar-refractivity contribution in [2.24, 2.45) is 0 Å². The number of para-hydroxylation sites is 1. The van der Waals surface area contributed by atoms with Crippen LogP contribution in [0.1, 0.15) is 0 Å². The lowest BCUT2D eigenvalue weighted by atomic mass is 9.97. The summed E-state index contributed by atoms with van der Waals surface area (Å²) in [6.07, 6.45) is 0. The molecule has 0 aliphatic heterocycles. The molecule has 0 unspecified atom stereocenters. The van der Waals surface area contributed by atoms with Gasteiger partial charge in [-0.05, 0) is 98.8 Å². The molecule has 0 saturated heterocycles. The van der Waals surface area contributed by atoms with Gasteiger partial charge >= 0.3 is 0 Å². The summed E-state index contributed by atoms with van der Waals surface area (Å²) in [4.78, 5) is 10.5. The Labute approximate surface area is 330 Å². The third-order valence-corrected chi connectivity index (χ3v) is 11.2. The highest BCUT2D eigenvalue weighted by molar-refractivity contribution is 6.13. The summed E-state index contributed by atoms with van der Waals surface area (Å²) in [5.74, 6) is 0.698. The lowest BCUT2D eigenvalue weighted by Crippen LogP contribution is -1.97. The molecule has 11 aromatic rings. The van der Waals surface area contributed by atoms with Crippen molar-refractivity contribution in [3.05, 3.63) is 212 Å². The minimum absolute atomic E-state index is 0.698. The first-order valence-electron chi connectivity index (χ1n) is 19.4. The second kappa shape index (κ2) is 13.6. The smallest absolute Gasteiger partial charge is 0.160 e. The fourth-order valence-corrected chi connectivity index (χ4v) is 8.29. The Morgan fingerprint density at radius 2 is 0.807 bits per heavy atom. The second-order valence-electron chi connectivity index (χ2n) is 14.6. The molecule has 3 heteroatoms. The molecule has 0 fully saturated rings. The van der Waals surface area contributed by atoms with Crippen LogP contribution in [0.15, 0.2) is 212 Å². The van der Waals surface area contributed by atoms with E-state index in [2.05, 4.69) is 217 Å². The van der Waals surface area contributed by atoms with Gasteiger partial charge in [-0.15, -0.1) is 0 Å². The lowest BCUT2D eigenvalue weighted by molar-refractivity contribution is 1.17. The molecule has 266 valence electrons. The summed E-state index contributed by atoms with van der Waals surface area (Å²) in [5, 5.41) is 5.99. The second-order valence-corrected chi connectivity index (χ2v) is 14.6. The van der Waals surface area contributed by atoms with Crippen LogP contribution in [0.5, 0.6) is 0 Å². The maximum Gasteiger partial charge on any atom is 0.160 e. The summed E-state index contributed by atoms with van der Waals surface area (Å²) < 4.78 is 2.37. The van der Waals surface area contributed by atoms with Gasteiger partial charge in [-0.2, -0.15) is 0 Å². The number of hydrogen-bond donors (Lipinski definition) is 0. The summed E-state index contributed by atoms with van der Waals surface area (Å²) >= 11 is 0. The zero-order valence-corrected chi connectivity index (χ0v) is 31.0. The third kappa shape index (κ3) is 5.85. The van der Waals surface area contributed by atoms with Gasteiger partial charge in [0.05, 0.1) is 22.2 Å². The Hall–Kier alpha value is -7.62. The monoisotopic (exact) mass is 725 g/mol. The summed E-state index contributed by atoms with van der Waals surface area (Å²) in [7, 11) is 0. The molecular weight excluding hydrogens is 691 g/mol. The lowest BCUT2D eigenvalue weighted by Gasteiger charge is -2.13. The van der Waals surface area contributed by atoms with Crippen molar-refractivity contribution >= 4 is 43.5 Å². The molecule has 9 aromatic carbocycles. The molecule has 57 heavy (non-hydrogen) atoms. The van der Waals surface area contributed by atoms with Crippen LogP contribution >= 0.6 is 0 Å². The van der Waals surface area contributed by atoms with Gasteiger partial charge in [0.1, 0.15) is 0 Å². The highest BCUT2D eigenvalue weighted by Gasteiger charge is 2.16. The van der Waals surface area contributed by atoms with Crippen molar-refractivity contribution in [3.8, 4) is 61.7 Å². The Morgan fingerprint density at radius 3 is 1.47 bits per heavy atom. The van der Waals surface area contributed by atoms with Crippen LogP contribution in [0.3, 0.4) is 0 Å². The predicted octanol–water partition coefficient (Wildman–Crippen LogP) is 14.2. The molecule has 2 aromatic heterocycles. The van der Waals surface area contributed by atoms with E-state index in [1.165, 1.54) is 54.8 Å². The molecule has 0 spiro atoms. The average molecular weight is 726 g/mol. The van der Waals surface area contributed by atoms with Gasteiger partial charge in [0.15, 0.2) is 5.82 Å². The van der Waals surface area contributed by atoms with Gasteiger partial charge in [0.25, 0.3) is 0 Å². The minimum atomic E-state index is 0.698. The fourth-order valence-electron chi connectivity index (χ4n) is 8.29. The van der Waals surface area contributed by atoms with Crippen LogP contribution in [0.4, 0.5) is 0 Å². The van der Waals surface area contributed by atoms with Crippen LogP contribution in [-0.4, -0.2) is 14.5 Å². The number of nitrogens with zero attached hydrogens (tertiary/aromatic N) is 3. The summed E-state index contributed by atoms with van der Waals surface area (Å²) in [6.45, 7) is 0. The highest BCUT2D eigenvalue weighted by atomic mass is 15.0. The van der Waals surface area contributed by atoms with E-state index in [-0.39, 0.29) is 0 Å². The van der Waals surface area contributed by atoms with Gasteiger partial charge < -0.3 is 4.57 Å². The van der Waals surface area contributed by atoms with Gasteiger partial charge in [-0.3, -0.25) is 0 Å². The minimum Gasteiger partial charge on any atom is -0.309 e. The molecule has 0 radical (unpaired) electrons. The third-order valence-electron chi connectivity index (χ3n) is 11.2. The molecule has 11 rings (SSSR count). The first kappa shape index (κ1) is 32.8. The van der Waals surface area contributed by atoms with Crippen LogP contribution in [0.2, 0.25) is 0 Å². The number of aromatic nitrogens is 3. The molecular formula is C54H35N3. The van der Waals surface area contributed by atoms with E-state index in [1.807, 2.05) is 0 Å². The van der Waals surface area contributed by atoms with E-state index in [1.54, 1.807) is 0 Å². The van der Waals surface area contributed by atoms with E-state index < -0.39 is 0 Å². The zero-order chi connectivity index (χ0) is 37.7. The van der Waals surface area contributed by atoms with Crippen LogP contribution in [0, 0.1) is 0 Å². The SMILES string of the molecule is c1ccc(-c2ccc(-c3ccc4nc(-c5ccc(-n6c7ccccc7c7cc8ccccc8cc76)cc5)nc(-c5ccc(-c6ccccc6)cc5)c4c3)cc2)cc1. The molecule has 0 atom stereocenters. The Bertz CT molecular complexity index is 3240. The maximum atomic E-state index is 5.34. The summed E-state index contributed by atoms with van der Waals surface area (Å²) in [5.41, 5.74) is 14.4. The Morgan fingerprint density at radius 1 is 0.298 bits per heavy atom. The summed E-state index contributed by atoms with van der Waals surface area (Å²) in [6, 6.07) is 75.7. The molecule has 0 saturated carbocycles. The van der Waals surface area contributed by atoms with E-state index >= 15 is 0 Å². The van der Waals surface area contributed by atoms with E-state index in [0.717, 1.165) is 44.5 Å². The molecule has 0 bridgehead atoms. The Kier molecular flexibility index (Phi) is 7.82. The maximum absolute atomic E-state index is 5.34. The van der Waals surface area contributed by atoms with Crippen molar-refractivity contribution in [2.45, 2.75) is 0 Å². The first-order chi connectivity index (χ1) is 28.2. The van der Waals surface area contributed by atoms with Crippen LogP contribution in [0.25, 0.3) is 105 Å². The van der Waals surface area contributed by atoms with E-state index in [0.29, 0.717) is 5.82 Å². The van der Waals surface area contributed by atoms with Gasteiger partial charge in [-0.1, -0.05) is 158 Å². The van der Waals surface area contributed by atoms with Crippen molar-refractivity contribution < 1.29 is 0 Å². The number of hydrogen-bond acceptors (Lipinski definition) is 2. The molecule has 2 heterocycles. The zero-order valence-electron chi connectivity index (χ0n) is 31.0. The normalized spacial score (nSPS) is 11.5. The van der Waals surface area contributed by atoms with Gasteiger partial charge in [0, 0.05) is 33.0 Å². The molecule has 0 N–H and O–H groups in total. The van der Waals surface area contributed by atoms with Crippen molar-refractivity contribution in [3.63, 3.8) is 0 Å². The Balaban J connectivity index is 1.02. The van der Waals surface area contributed by atoms with Crippen LogP contribution < -0.4 is 0 Å². The van der Waals surface area contributed by atoms with Gasteiger partial charge in [0.2, 0.25) is 0 Å². The fraction of sp³-hybridized carbons (Fsp3) is 0. The largest absolute Gasteiger partial charge is 0.309 e. The van der Waals surface area contributed by atoms with Crippen molar-refractivity contribution in [2.75, 3.05) is 0 Å². The topological polar surface area (TPSA) is 30.7 Å². The first-order valence-corrected chi connectivity index (χ1v) is 19.4. The number of fused-ring (bicyclic) bond motifs is 5. The molecule has 0 aliphatic carbocycles. The molecule has 0 amide bonds. The molecule has 3 nitrogen and oxygen atoms in total. The van der Waals surface area contributed by atoms with Crippen LogP contribution in [-0.2, 0) is 0 Å². The predicted molar refractivity (Wildman–Crippen MR) is 239 cm³/mol. The van der Waals surface area contributed by atoms with E-state index in [9.17, 15) is 0 Å². The van der Waals surface area contributed by atoms with Crippen molar-refractivity contribution in [1.29, 1.82) is 0 Å². The molecule has 0 aliphatic rings. The highest BCUT2D eigenvalue weighted by Crippen LogP contribution is 2.37. The number of benzene rings is 9.